The molecule has 2 rings (SSSR count). The molecule has 9 nitrogen and oxygen atoms in total. The number of imide groups is 1. The van der Waals surface area contributed by atoms with Crippen molar-refractivity contribution in [3.05, 3.63) is 24.2 Å². The zero-order valence-corrected chi connectivity index (χ0v) is 13.1. The van der Waals surface area contributed by atoms with Gasteiger partial charge in [-0.3, -0.25) is 19.7 Å². The van der Waals surface area contributed by atoms with Crippen molar-refractivity contribution in [2.75, 3.05) is 19.8 Å². The summed E-state index contributed by atoms with van der Waals surface area (Å²) in [6.07, 6.45) is 0.613. The Kier molecular flexibility index (Phi) is 5.94. The number of likely N-dealkylation sites (tertiary alicyclic amines) is 1. The molecule has 0 bridgehead atoms. The largest absolute Gasteiger partial charge is 0.467 e. The highest BCUT2D eigenvalue weighted by Gasteiger charge is 2.35. The number of carbonyl (C=O) groups excluding carboxylic acids is 4. The molecule has 1 fully saturated rings. The Bertz CT molecular complexity index is 611. The van der Waals surface area contributed by atoms with Gasteiger partial charge in [-0.15, -0.1) is 0 Å². The smallest absolute Gasteiger partial charge is 0.413 e. The fourth-order valence-electron chi connectivity index (χ4n) is 2.25. The Morgan fingerprint density at radius 2 is 2.17 bits per heavy atom. The van der Waals surface area contributed by atoms with E-state index in [0.717, 1.165) is 0 Å². The lowest BCUT2D eigenvalue weighted by atomic mass is 10.1. The third-order valence-corrected chi connectivity index (χ3v) is 3.34. The molecule has 1 aliphatic rings. The van der Waals surface area contributed by atoms with Crippen LogP contribution in [0.4, 0.5) is 4.79 Å². The molecule has 1 saturated heterocycles. The summed E-state index contributed by atoms with van der Waals surface area (Å²) in [5.74, 6) is -1.68. The zero-order chi connectivity index (χ0) is 17.5. The van der Waals surface area contributed by atoms with E-state index in [9.17, 15) is 19.2 Å². The quantitative estimate of drug-likeness (QED) is 0.748. The SMILES string of the molecule is CCOC(=O)NC(=O)COC(=O)[C@H]1CC(=O)N(Cc2ccco2)C1. The normalized spacial score (nSPS) is 16.8. The van der Waals surface area contributed by atoms with Crippen LogP contribution in [0.25, 0.3) is 0 Å². The van der Waals surface area contributed by atoms with E-state index in [-0.39, 0.29) is 32.0 Å². The summed E-state index contributed by atoms with van der Waals surface area (Å²) < 4.78 is 14.5. The molecule has 9 heteroatoms. The van der Waals surface area contributed by atoms with Gasteiger partial charge in [0.2, 0.25) is 5.91 Å². The first-order chi connectivity index (χ1) is 11.5. The number of furan rings is 1. The first kappa shape index (κ1) is 17.5. The summed E-state index contributed by atoms with van der Waals surface area (Å²) in [6, 6.07) is 3.45. The molecular formula is C15H18N2O7. The van der Waals surface area contributed by atoms with Gasteiger partial charge in [0.15, 0.2) is 6.61 Å². The Morgan fingerprint density at radius 3 is 2.83 bits per heavy atom. The van der Waals surface area contributed by atoms with Crippen molar-refractivity contribution in [1.82, 2.24) is 10.2 Å². The topological polar surface area (TPSA) is 115 Å². The highest BCUT2D eigenvalue weighted by Crippen LogP contribution is 2.21. The van der Waals surface area contributed by atoms with Gasteiger partial charge in [-0.2, -0.15) is 0 Å². The predicted molar refractivity (Wildman–Crippen MR) is 78.4 cm³/mol. The van der Waals surface area contributed by atoms with Crippen LogP contribution in [0, 0.1) is 5.92 Å². The van der Waals surface area contributed by atoms with Gasteiger partial charge in [0.25, 0.3) is 5.91 Å². The molecule has 1 N–H and O–H groups in total. The first-order valence-corrected chi connectivity index (χ1v) is 7.43. The first-order valence-electron chi connectivity index (χ1n) is 7.43. The minimum Gasteiger partial charge on any atom is -0.467 e. The lowest BCUT2D eigenvalue weighted by Crippen LogP contribution is -2.35. The number of nitrogens with one attached hydrogen (secondary N) is 1. The zero-order valence-electron chi connectivity index (χ0n) is 13.1. The summed E-state index contributed by atoms with van der Waals surface area (Å²) >= 11 is 0. The van der Waals surface area contributed by atoms with Crippen molar-refractivity contribution < 1.29 is 33.1 Å². The molecule has 1 aromatic heterocycles. The number of ether oxygens (including phenoxy) is 2. The van der Waals surface area contributed by atoms with Gasteiger partial charge in [0.05, 0.1) is 25.3 Å². The van der Waals surface area contributed by atoms with Gasteiger partial charge in [-0.25, -0.2) is 4.79 Å². The maximum Gasteiger partial charge on any atom is 0.413 e. The number of rotatable bonds is 6. The van der Waals surface area contributed by atoms with Crippen molar-refractivity contribution in [2.45, 2.75) is 19.9 Å². The second-order valence-electron chi connectivity index (χ2n) is 5.13. The van der Waals surface area contributed by atoms with Crippen LogP contribution in [0.5, 0.6) is 0 Å². The van der Waals surface area contributed by atoms with E-state index >= 15 is 0 Å². The van der Waals surface area contributed by atoms with Gasteiger partial charge in [0, 0.05) is 13.0 Å². The van der Waals surface area contributed by atoms with Crippen LogP contribution in [-0.4, -0.2) is 48.5 Å². The summed E-state index contributed by atoms with van der Waals surface area (Å²) in [7, 11) is 0. The highest BCUT2D eigenvalue weighted by atomic mass is 16.6. The molecule has 0 spiro atoms. The number of nitrogens with zero attached hydrogens (tertiary/aromatic N) is 1. The molecule has 0 radical (unpaired) electrons. The number of esters is 1. The van der Waals surface area contributed by atoms with Crippen LogP contribution in [0.3, 0.4) is 0 Å². The van der Waals surface area contributed by atoms with Crippen molar-refractivity contribution >= 4 is 23.9 Å². The molecule has 130 valence electrons. The summed E-state index contributed by atoms with van der Waals surface area (Å²) in [4.78, 5) is 47.8. The monoisotopic (exact) mass is 338 g/mol. The lowest BCUT2D eigenvalue weighted by Gasteiger charge is -2.14. The van der Waals surface area contributed by atoms with Crippen LogP contribution in [0.1, 0.15) is 19.1 Å². The molecule has 0 aliphatic carbocycles. The number of amides is 3. The van der Waals surface area contributed by atoms with Gasteiger partial charge < -0.3 is 18.8 Å². The van der Waals surface area contributed by atoms with E-state index in [1.165, 1.54) is 11.2 Å². The third-order valence-electron chi connectivity index (χ3n) is 3.34. The van der Waals surface area contributed by atoms with Gasteiger partial charge in [-0.05, 0) is 19.1 Å². The van der Waals surface area contributed by atoms with Crippen LogP contribution >= 0.6 is 0 Å². The van der Waals surface area contributed by atoms with Crippen LogP contribution in [0.15, 0.2) is 22.8 Å². The Morgan fingerprint density at radius 1 is 1.38 bits per heavy atom. The van der Waals surface area contributed by atoms with Crippen molar-refractivity contribution in [3.63, 3.8) is 0 Å². The van der Waals surface area contributed by atoms with E-state index in [2.05, 4.69) is 4.74 Å². The number of carbonyl (C=O) groups is 4. The minimum absolute atomic E-state index is 0.0129. The summed E-state index contributed by atoms with van der Waals surface area (Å²) in [5, 5.41) is 1.91. The molecule has 1 aliphatic heterocycles. The van der Waals surface area contributed by atoms with Gasteiger partial charge >= 0.3 is 12.1 Å². The number of alkyl carbamates (subject to hydrolysis) is 1. The van der Waals surface area contributed by atoms with E-state index in [0.29, 0.717) is 5.76 Å². The Labute approximate surface area is 137 Å². The predicted octanol–water partition coefficient (Wildman–Crippen LogP) is 0.444. The van der Waals surface area contributed by atoms with Crippen LogP contribution in [-0.2, 0) is 30.4 Å². The average molecular weight is 338 g/mol. The third kappa shape index (κ3) is 4.83. The molecular weight excluding hydrogens is 320 g/mol. The second-order valence-corrected chi connectivity index (χ2v) is 5.13. The second kappa shape index (κ2) is 8.14. The van der Waals surface area contributed by atoms with Crippen molar-refractivity contribution in [1.29, 1.82) is 0 Å². The van der Waals surface area contributed by atoms with Crippen LogP contribution in [0.2, 0.25) is 0 Å². The molecule has 24 heavy (non-hydrogen) atoms. The van der Waals surface area contributed by atoms with E-state index in [1.54, 1.807) is 19.1 Å². The van der Waals surface area contributed by atoms with E-state index < -0.39 is 30.5 Å². The molecule has 0 saturated carbocycles. The maximum absolute atomic E-state index is 11.9. The number of hydrogen-bond donors (Lipinski definition) is 1. The fraction of sp³-hybridized carbons (Fsp3) is 0.467. The Hall–Kier alpha value is -2.84. The van der Waals surface area contributed by atoms with Gasteiger partial charge in [0.1, 0.15) is 5.76 Å². The molecule has 1 atom stereocenters. The molecule has 0 unspecified atom stereocenters. The molecule has 2 heterocycles. The van der Waals surface area contributed by atoms with E-state index in [1.807, 2.05) is 5.32 Å². The fourth-order valence-corrected chi connectivity index (χ4v) is 2.25. The highest BCUT2D eigenvalue weighted by molar-refractivity contribution is 5.93. The van der Waals surface area contributed by atoms with Crippen molar-refractivity contribution in [2.24, 2.45) is 5.92 Å². The maximum atomic E-state index is 11.9. The Balaban J connectivity index is 1.76. The summed E-state index contributed by atoms with van der Waals surface area (Å²) in [6.45, 7) is 1.57. The van der Waals surface area contributed by atoms with Crippen molar-refractivity contribution in [3.8, 4) is 0 Å². The molecule has 1 aromatic rings. The van der Waals surface area contributed by atoms with Gasteiger partial charge in [-0.1, -0.05) is 0 Å². The summed E-state index contributed by atoms with van der Waals surface area (Å²) in [5.41, 5.74) is 0. The molecule has 3 amide bonds. The van der Waals surface area contributed by atoms with E-state index in [4.69, 9.17) is 9.15 Å². The van der Waals surface area contributed by atoms with Crippen LogP contribution < -0.4 is 5.32 Å². The minimum atomic E-state index is -0.904. The lowest BCUT2D eigenvalue weighted by molar-refractivity contribution is -0.152. The standard InChI is InChI=1S/C15H18N2O7/c1-2-22-15(21)16-12(18)9-24-14(20)10-6-13(19)17(7-10)8-11-4-3-5-23-11/h3-5,10H,2,6-9H2,1H3,(H,16,18,21)/t10-/m0/s1. The number of hydrogen-bond acceptors (Lipinski definition) is 7. The molecule has 0 aromatic carbocycles. The average Bonchev–Trinajstić information content (AvgIpc) is 3.16.